The number of nitrogens with two attached hydrogens (primary N) is 1. The van der Waals surface area contributed by atoms with Gasteiger partial charge in [0.15, 0.2) is 0 Å². The summed E-state index contributed by atoms with van der Waals surface area (Å²) in [6.07, 6.45) is -0.0414. The molecule has 0 aromatic heterocycles. The standard InChI is InChI=1S/C18H20N2O4/c19-16(10-11-17(21)22)18(23)20-14-6-8-15(9-7-14)24-12-13-4-2-1-3-5-13/h1-9,16H,10-12,19H2,(H,20,23)(H,21,22)/t16-/m0/s1. The van der Waals surface area contributed by atoms with Crippen molar-refractivity contribution < 1.29 is 19.4 Å². The van der Waals surface area contributed by atoms with Crippen molar-refractivity contribution in [1.82, 2.24) is 0 Å². The van der Waals surface area contributed by atoms with Crippen molar-refractivity contribution in [2.45, 2.75) is 25.5 Å². The van der Waals surface area contributed by atoms with Crippen molar-refractivity contribution in [1.29, 1.82) is 0 Å². The molecule has 4 N–H and O–H groups in total. The van der Waals surface area contributed by atoms with Gasteiger partial charge in [-0.15, -0.1) is 0 Å². The van der Waals surface area contributed by atoms with Gasteiger partial charge in [-0.1, -0.05) is 30.3 Å². The number of ether oxygens (including phenoxy) is 1. The Morgan fingerprint density at radius 2 is 1.75 bits per heavy atom. The smallest absolute Gasteiger partial charge is 0.303 e. The van der Waals surface area contributed by atoms with Gasteiger partial charge in [0.1, 0.15) is 12.4 Å². The Bertz CT molecular complexity index is 671. The van der Waals surface area contributed by atoms with Crippen LogP contribution < -0.4 is 15.8 Å². The van der Waals surface area contributed by atoms with Crippen LogP contribution in [0.15, 0.2) is 54.6 Å². The maximum Gasteiger partial charge on any atom is 0.303 e. The maximum atomic E-state index is 11.9. The van der Waals surface area contributed by atoms with E-state index in [1.54, 1.807) is 24.3 Å². The summed E-state index contributed by atoms with van der Waals surface area (Å²) in [6, 6.07) is 15.9. The number of rotatable bonds is 8. The first-order valence-corrected chi connectivity index (χ1v) is 7.59. The Morgan fingerprint density at radius 3 is 2.38 bits per heavy atom. The number of carbonyl (C=O) groups is 2. The number of nitrogens with one attached hydrogen (secondary N) is 1. The Balaban J connectivity index is 1.83. The molecule has 0 saturated heterocycles. The Kier molecular flexibility index (Phi) is 6.33. The van der Waals surface area contributed by atoms with Gasteiger partial charge < -0.3 is 20.9 Å². The van der Waals surface area contributed by atoms with Gasteiger partial charge in [0.25, 0.3) is 0 Å². The van der Waals surface area contributed by atoms with Crippen LogP contribution in [0.5, 0.6) is 5.75 Å². The van der Waals surface area contributed by atoms with Crippen LogP contribution in [0.25, 0.3) is 0 Å². The number of anilines is 1. The third-order valence-electron chi connectivity index (χ3n) is 3.38. The van der Waals surface area contributed by atoms with Gasteiger partial charge in [0, 0.05) is 12.1 Å². The normalized spacial score (nSPS) is 11.5. The Morgan fingerprint density at radius 1 is 1.08 bits per heavy atom. The molecule has 0 aliphatic rings. The lowest BCUT2D eigenvalue weighted by atomic mass is 10.1. The molecule has 6 heteroatoms. The SMILES string of the molecule is N[C@@H](CCC(=O)O)C(=O)Nc1ccc(OCc2ccccc2)cc1. The molecule has 0 aliphatic heterocycles. The molecule has 2 aromatic rings. The monoisotopic (exact) mass is 328 g/mol. The molecule has 1 amide bonds. The second-order valence-corrected chi connectivity index (χ2v) is 5.33. The van der Waals surface area contributed by atoms with Crippen LogP contribution in [-0.2, 0) is 16.2 Å². The van der Waals surface area contributed by atoms with E-state index in [-0.39, 0.29) is 12.8 Å². The second-order valence-electron chi connectivity index (χ2n) is 5.33. The summed E-state index contributed by atoms with van der Waals surface area (Å²) in [5.74, 6) is -0.695. The summed E-state index contributed by atoms with van der Waals surface area (Å²) < 4.78 is 5.66. The van der Waals surface area contributed by atoms with Crippen LogP contribution in [-0.4, -0.2) is 23.0 Å². The largest absolute Gasteiger partial charge is 0.489 e. The average molecular weight is 328 g/mol. The van der Waals surface area contributed by atoms with Crippen molar-refractivity contribution in [3.8, 4) is 5.75 Å². The second kappa shape index (κ2) is 8.69. The molecule has 2 rings (SSSR count). The van der Waals surface area contributed by atoms with Gasteiger partial charge in [-0.25, -0.2) is 0 Å². The van der Waals surface area contributed by atoms with Gasteiger partial charge in [-0.2, -0.15) is 0 Å². The highest BCUT2D eigenvalue weighted by Gasteiger charge is 2.14. The minimum atomic E-state index is -0.974. The summed E-state index contributed by atoms with van der Waals surface area (Å²) in [4.78, 5) is 22.3. The highest BCUT2D eigenvalue weighted by molar-refractivity contribution is 5.94. The lowest BCUT2D eigenvalue weighted by Gasteiger charge is -2.12. The van der Waals surface area contributed by atoms with Crippen LogP contribution >= 0.6 is 0 Å². The lowest BCUT2D eigenvalue weighted by molar-refractivity contribution is -0.137. The van der Waals surface area contributed by atoms with E-state index in [0.29, 0.717) is 18.0 Å². The van der Waals surface area contributed by atoms with Crippen LogP contribution in [0.2, 0.25) is 0 Å². The molecule has 0 aliphatic carbocycles. The van der Waals surface area contributed by atoms with Crippen LogP contribution in [0.4, 0.5) is 5.69 Å². The Hall–Kier alpha value is -2.86. The molecule has 2 aromatic carbocycles. The first-order valence-electron chi connectivity index (χ1n) is 7.59. The average Bonchev–Trinajstić information content (AvgIpc) is 2.60. The van der Waals surface area contributed by atoms with E-state index in [4.69, 9.17) is 15.6 Å². The van der Waals surface area contributed by atoms with Crippen molar-refractivity contribution >= 4 is 17.6 Å². The van der Waals surface area contributed by atoms with Crippen molar-refractivity contribution in [3.05, 3.63) is 60.2 Å². The molecule has 0 unspecified atom stereocenters. The maximum absolute atomic E-state index is 11.9. The minimum Gasteiger partial charge on any atom is -0.489 e. The van der Waals surface area contributed by atoms with E-state index in [1.807, 2.05) is 30.3 Å². The third-order valence-corrected chi connectivity index (χ3v) is 3.38. The number of benzene rings is 2. The predicted molar refractivity (Wildman–Crippen MR) is 90.7 cm³/mol. The van der Waals surface area contributed by atoms with E-state index < -0.39 is 17.9 Å². The van der Waals surface area contributed by atoms with Crippen molar-refractivity contribution in [2.75, 3.05) is 5.32 Å². The van der Waals surface area contributed by atoms with E-state index in [2.05, 4.69) is 5.32 Å². The van der Waals surface area contributed by atoms with Gasteiger partial charge in [-0.05, 0) is 36.2 Å². The molecule has 0 heterocycles. The summed E-state index contributed by atoms with van der Waals surface area (Å²) in [5.41, 5.74) is 7.31. The summed E-state index contributed by atoms with van der Waals surface area (Å²) >= 11 is 0. The van der Waals surface area contributed by atoms with Gasteiger partial charge in [0.05, 0.1) is 6.04 Å². The molecule has 0 radical (unpaired) electrons. The minimum absolute atomic E-state index is 0.0967. The van der Waals surface area contributed by atoms with Crippen molar-refractivity contribution in [2.24, 2.45) is 5.73 Å². The molecule has 6 nitrogen and oxygen atoms in total. The van der Waals surface area contributed by atoms with E-state index in [1.165, 1.54) is 0 Å². The lowest BCUT2D eigenvalue weighted by Crippen LogP contribution is -2.36. The number of hydrogen-bond donors (Lipinski definition) is 3. The molecule has 1 atom stereocenters. The van der Waals surface area contributed by atoms with Crippen LogP contribution in [0.1, 0.15) is 18.4 Å². The van der Waals surface area contributed by atoms with Crippen LogP contribution in [0.3, 0.4) is 0 Å². The molecule has 0 fully saturated rings. The number of carboxylic acid groups (broad SMARTS) is 1. The van der Waals surface area contributed by atoms with E-state index in [9.17, 15) is 9.59 Å². The van der Waals surface area contributed by atoms with Crippen LogP contribution in [0, 0.1) is 0 Å². The fraction of sp³-hybridized carbons (Fsp3) is 0.222. The quantitative estimate of drug-likeness (QED) is 0.690. The summed E-state index contributed by atoms with van der Waals surface area (Å²) in [5, 5.41) is 11.3. The Labute approximate surface area is 140 Å². The number of aliphatic carboxylic acids is 1. The topological polar surface area (TPSA) is 102 Å². The summed E-state index contributed by atoms with van der Waals surface area (Å²) in [7, 11) is 0. The highest BCUT2D eigenvalue weighted by atomic mass is 16.5. The van der Waals surface area contributed by atoms with E-state index in [0.717, 1.165) is 5.56 Å². The van der Waals surface area contributed by atoms with Crippen molar-refractivity contribution in [3.63, 3.8) is 0 Å². The van der Waals surface area contributed by atoms with Gasteiger partial charge in [0.2, 0.25) is 5.91 Å². The highest BCUT2D eigenvalue weighted by Crippen LogP contribution is 2.17. The number of carboxylic acids is 1. The molecule has 0 saturated carbocycles. The molecule has 24 heavy (non-hydrogen) atoms. The zero-order chi connectivity index (χ0) is 17.4. The first-order chi connectivity index (χ1) is 11.5. The predicted octanol–water partition coefficient (Wildman–Crippen LogP) is 2.40. The number of amides is 1. The molecular formula is C18H20N2O4. The van der Waals surface area contributed by atoms with Gasteiger partial charge >= 0.3 is 5.97 Å². The fourth-order valence-corrected chi connectivity index (χ4v) is 2.02. The first kappa shape index (κ1) is 17.5. The van der Waals surface area contributed by atoms with Gasteiger partial charge in [-0.3, -0.25) is 9.59 Å². The number of hydrogen-bond acceptors (Lipinski definition) is 4. The summed E-state index contributed by atoms with van der Waals surface area (Å²) in [6.45, 7) is 0.465. The molecule has 0 bridgehead atoms. The molecular weight excluding hydrogens is 308 g/mol. The fourth-order valence-electron chi connectivity index (χ4n) is 2.02. The number of carbonyl (C=O) groups excluding carboxylic acids is 1. The molecule has 126 valence electrons. The van der Waals surface area contributed by atoms with E-state index >= 15 is 0 Å². The third kappa shape index (κ3) is 5.73. The zero-order valence-electron chi connectivity index (χ0n) is 13.1. The molecule has 0 spiro atoms. The zero-order valence-corrected chi connectivity index (χ0v) is 13.1.